The van der Waals surface area contributed by atoms with Gasteiger partial charge in [-0.25, -0.2) is 0 Å². The van der Waals surface area contributed by atoms with Crippen molar-refractivity contribution in [1.29, 1.82) is 0 Å². The highest BCUT2D eigenvalue weighted by atomic mass is 127. The molecule has 0 amide bonds. The van der Waals surface area contributed by atoms with Gasteiger partial charge in [-0.1, -0.05) is 35.8 Å². The first-order chi connectivity index (χ1) is 9.08. The van der Waals surface area contributed by atoms with Gasteiger partial charge in [-0.2, -0.15) is 0 Å². The van der Waals surface area contributed by atoms with E-state index in [9.17, 15) is 0 Å². The van der Waals surface area contributed by atoms with Crippen LogP contribution < -0.4 is 15.8 Å². The highest BCUT2D eigenvalue weighted by molar-refractivity contribution is 14.0. The molecule has 0 aliphatic carbocycles. The number of nitrogens with zero attached hydrogens (tertiary/aromatic N) is 1. The molecule has 3 N–H and O–H groups in total. The first-order valence-electron chi connectivity index (χ1n) is 6.50. The van der Waals surface area contributed by atoms with Gasteiger partial charge in [0, 0.05) is 11.0 Å². The molecule has 20 heavy (non-hydrogen) atoms. The van der Waals surface area contributed by atoms with Crippen molar-refractivity contribution >= 4 is 45.9 Å². The van der Waals surface area contributed by atoms with Crippen molar-refractivity contribution < 1.29 is 4.74 Å². The Bertz CT molecular complexity index is 413. The lowest BCUT2D eigenvalue weighted by Gasteiger charge is -2.08. The third-order valence-electron chi connectivity index (χ3n) is 2.46. The Hall–Kier alpha value is -0.500. The molecular weight excluding hydrogens is 433 g/mol. The Kier molecular flexibility index (Phi) is 10.9. The van der Waals surface area contributed by atoms with Crippen molar-refractivity contribution in [3.05, 3.63) is 28.7 Å². The van der Waals surface area contributed by atoms with Crippen molar-refractivity contribution in [1.82, 2.24) is 5.32 Å². The molecule has 0 radical (unpaired) electrons. The fourth-order valence-corrected chi connectivity index (χ4v) is 1.78. The van der Waals surface area contributed by atoms with E-state index in [1.54, 1.807) is 0 Å². The second-order valence-electron chi connectivity index (χ2n) is 4.68. The van der Waals surface area contributed by atoms with Crippen LogP contribution in [0.1, 0.15) is 20.3 Å². The maximum atomic E-state index is 5.74. The molecule has 0 atom stereocenters. The molecule has 114 valence electrons. The molecule has 0 spiro atoms. The number of benzene rings is 1. The largest absolute Gasteiger partial charge is 0.492 e. The molecule has 0 saturated carbocycles. The van der Waals surface area contributed by atoms with Gasteiger partial charge in [0.05, 0.1) is 6.54 Å². The average molecular weight is 456 g/mol. The van der Waals surface area contributed by atoms with Crippen LogP contribution in [0.15, 0.2) is 33.7 Å². The predicted octanol–water partition coefficient (Wildman–Crippen LogP) is 3.40. The van der Waals surface area contributed by atoms with Gasteiger partial charge < -0.3 is 15.8 Å². The second-order valence-corrected chi connectivity index (χ2v) is 5.60. The summed E-state index contributed by atoms with van der Waals surface area (Å²) in [6, 6.07) is 7.75. The molecule has 0 aliphatic rings. The Morgan fingerprint density at radius 3 is 2.85 bits per heavy atom. The normalized spacial score (nSPS) is 11.1. The summed E-state index contributed by atoms with van der Waals surface area (Å²) in [6.07, 6.45) is 1.05. The number of halogens is 2. The third-order valence-corrected chi connectivity index (χ3v) is 2.95. The Morgan fingerprint density at radius 1 is 1.45 bits per heavy atom. The zero-order chi connectivity index (χ0) is 14.1. The summed E-state index contributed by atoms with van der Waals surface area (Å²) in [4.78, 5) is 4.24. The van der Waals surface area contributed by atoms with E-state index in [4.69, 9.17) is 10.5 Å². The van der Waals surface area contributed by atoms with Gasteiger partial charge in [0.1, 0.15) is 12.4 Å². The summed E-state index contributed by atoms with van der Waals surface area (Å²) < 4.78 is 6.58. The molecule has 1 aromatic rings. The van der Waals surface area contributed by atoms with Gasteiger partial charge in [0.15, 0.2) is 5.96 Å². The number of nitrogens with two attached hydrogens (primary N) is 1. The van der Waals surface area contributed by atoms with Gasteiger partial charge in [-0.3, -0.25) is 4.99 Å². The highest BCUT2D eigenvalue weighted by Crippen LogP contribution is 2.17. The second kappa shape index (κ2) is 11.2. The van der Waals surface area contributed by atoms with E-state index in [1.165, 1.54) is 0 Å². The van der Waals surface area contributed by atoms with Crippen molar-refractivity contribution in [3.8, 4) is 5.75 Å². The minimum absolute atomic E-state index is 0. The van der Waals surface area contributed by atoms with Crippen LogP contribution in [0.25, 0.3) is 0 Å². The van der Waals surface area contributed by atoms with Crippen LogP contribution in [0.3, 0.4) is 0 Å². The fraction of sp³-hybridized carbons (Fsp3) is 0.500. The maximum absolute atomic E-state index is 5.74. The van der Waals surface area contributed by atoms with Gasteiger partial charge in [-0.05, 0) is 30.5 Å². The van der Waals surface area contributed by atoms with Crippen LogP contribution in [-0.2, 0) is 0 Å². The molecule has 0 saturated heterocycles. The summed E-state index contributed by atoms with van der Waals surface area (Å²) in [5, 5.41) is 3.03. The standard InChI is InChI=1S/C14H22BrN3O.HI/c1-11(2)6-7-17-14(16)18-8-9-19-13-5-3-4-12(15)10-13;/h3-5,10-11H,6-9H2,1-2H3,(H3,16,17,18);1H. The first kappa shape index (κ1) is 19.5. The Morgan fingerprint density at radius 2 is 2.20 bits per heavy atom. The zero-order valence-electron chi connectivity index (χ0n) is 11.9. The summed E-state index contributed by atoms with van der Waals surface area (Å²) in [7, 11) is 0. The average Bonchev–Trinajstić information content (AvgIpc) is 2.34. The van der Waals surface area contributed by atoms with E-state index in [1.807, 2.05) is 24.3 Å². The minimum atomic E-state index is 0. The van der Waals surface area contributed by atoms with Crippen LogP contribution in [-0.4, -0.2) is 25.7 Å². The smallest absolute Gasteiger partial charge is 0.188 e. The lowest BCUT2D eigenvalue weighted by Crippen LogP contribution is -2.34. The first-order valence-corrected chi connectivity index (χ1v) is 7.29. The maximum Gasteiger partial charge on any atom is 0.188 e. The minimum Gasteiger partial charge on any atom is -0.492 e. The van der Waals surface area contributed by atoms with Crippen molar-refractivity contribution in [2.45, 2.75) is 20.3 Å². The van der Waals surface area contributed by atoms with E-state index in [0.29, 0.717) is 25.0 Å². The third kappa shape index (κ3) is 9.41. The molecule has 1 rings (SSSR count). The summed E-state index contributed by atoms with van der Waals surface area (Å²) in [5.74, 6) is 1.97. The monoisotopic (exact) mass is 455 g/mol. The number of aliphatic imine (C=N–C) groups is 1. The highest BCUT2D eigenvalue weighted by Gasteiger charge is 1.96. The SMILES string of the molecule is CC(C)CCN=C(N)NCCOc1cccc(Br)c1.I. The van der Waals surface area contributed by atoms with Crippen LogP contribution >= 0.6 is 39.9 Å². The van der Waals surface area contributed by atoms with Gasteiger partial charge in [0.2, 0.25) is 0 Å². The predicted molar refractivity (Wildman–Crippen MR) is 99.0 cm³/mol. The Balaban J connectivity index is 0.00000361. The van der Waals surface area contributed by atoms with E-state index in [0.717, 1.165) is 23.2 Å². The van der Waals surface area contributed by atoms with Crippen LogP contribution in [0.2, 0.25) is 0 Å². The summed E-state index contributed by atoms with van der Waals surface area (Å²) >= 11 is 3.40. The van der Waals surface area contributed by atoms with Crippen LogP contribution in [0.4, 0.5) is 0 Å². The molecule has 0 unspecified atom stereocenters. The number of guanidine groups is 1. The van der Waals surface area contributed by atoms with E-state index < -0.39 is 0 Å². The van der Waals surface area contributed by atoms with Gasteiger partial charge >= 0.3 is 0 Å². The van der Waals surface area contributed by atoms with Crippen molar-refractivity contribution in [2.24, 2.45) is 16.6 Å². The number of nitrogens with one attached hydrogen (secondary N) is 1. The van der Waals surface area contributed by atoms with Gasteiger partial charge in [0.25, 0.3) is 0 Å². The summed E-state index contributed by atoms with van der Waals surface area (Å²) in [6.45, 7) is 6.30. The molecule has 6 heteroatoms. The fourth-order valence-electron chi connectivity index (χ4n) is 1.40. The number of hydrogen-bond acceptors (Lipinski definition) is 2. The number of ether oxygens (including phenoxy) is 1. The molecule has 4 nitrogen and oxygen atoms in total. The molecular formula is C14H23BrIN3O. The van der Waals surface area contributed by atoms with Crippen molar-refractivity contribution in [2.75, 3.05) is 19.7 Å². The molecule has 0 heterocycles. The van der Waals surface area contributed by atoms with Crippen LogP contribution in [0.5, 0.6) is 5.75 Å². The van der Waals surface area contributed by atoms with Crippen molar-refractivity contribution in [3.63, 3.8) is 0 Å². The van der Waals surface area contributed by atoms with Crippen LogP contribution in [0, 0.1) is 5.92 Å². The molecule has 0 fully saturated rings. The molecule has 1 aromatic carbocycles. The molecule has 0 aromatic heterocycles. The van der Waals surface area contributed by atoms with E-state index in [-0.39, 0.29) is 24.0 Å². The Labute approximate surface area is 146 Å². The lowest BCUT2D eigenvalue weighted by atomic mass is 10.1. The molecule has 0 bridgehead atoms. The number of hydrogen-bond donors (Lipinski definition) is 2. The quantitative estimate of drug-likeness (QED) is 0.286. The van der Waals surface area contributed by atoms with E-state index in [2.05, 4.69) is 40.1 Å². The zero-order valence-corrected chi connectivity index (χ0v) is 15.9. The van der Waals surface area contributed by atoms with E-state index >= 15 is 0 Å². The topological polar surface area (TPSA) is 59.6 Å². The summed E-state index contributed by atoms with van der Waals surface area (Å²) in [5.41, 5.74) is 5.74. The van der Waals surface area contributed by atoms with Gasteiger partial charge in [-0.15, -0.1) is 24.0 Å². The number of rotatable bonds is 7. The lowest BCUT2D eigenvalue weighted by molar-refractivity contribution is 0.322. The molecule has 0 aliphatic heterocycles.